The number of likely N-dealkylation sites (N-methyl/N-ethyl adjacent to an activating group) is 1. The van der Waals surface area contributed by atoms with Crippen molar-refractivity contribution in [2.24, 2.45) is 0 Å². The topological polar surface area (TPSA) is 18.5 Å². The van der Waals surface area contributed by atoms with E-state index in [-0.39, 0.29) is 12.2 Å². The highest BCUT2D eigenvalue weighted by Crippen LogP contribution is 2.23. The molecule has 2 atom stereocenters. The third kappa shape index (κ3) is 3.80. The van der Waals surface area contributed by atoms with Crippen LogP contribution in [0.5, 0.6) is 0 Å². The SMILES string of the molecule is C[N+](C)(C)C[C@@H]1CO[C@@H](c2ccccc2)CO1. The Kier molecular flexibility index (Phi) is 3.82. The first kappa shape index (κ1) is 12.6. The molecular formula is C14H22NO2+. The lowest BCUT2D eigenvalue weighted by Crippen LogP contribution is -2.46. The van der Waals surface area contributed by atoms with E-state index >= 15 is 0 Å². The van der Waals surface area contributed by atoms with Crippen LogP contribution in [0, 0.1) is 0 Å². The van der Waals surface area contributed by atoms with Gasteiger partial charge in [-0.25, -0.2) is 0 Å². The van der Waals surface area contributed by atoms with Crippen LogP contribution >= 0.6 is 0 Å². The van der Waals surface area contributed by atoms with Gasteiger partial charge in [-0.05, 0) is 5.56 Å². The predicted octanol–water partition coefficient (Wildman–Crippen LogP) is 1.85. The minimum atomic E-state index is 0.0971. The Morgan fingerprint density at radius 2 is 1.76 bits per heavy atom. The summed E-state index contributed by atoms with van der Waals surface area (Å²) in [6.07, 6.45) is 0.315. The summed E-state index contributed by atoms with van der Waals surface area (Å²) in [6, 6.07) is 10.3. The summed E-state index contributed by atoms with van der Waals surface area (Å²) >= 11 is 0. The Bertz CT molecular complexity index is 337. The molecule has 0 saturated carbocycles. The van der Waals surface area contributed by atoms with Crippen molar-refractivity contribution in [3.8, 4) is 0 Å². The van der Waals surface area contributed by atoms with Crippen molar-refractivity contribution in [3.05, 3.63) is 35.9 Å². The van der Waals surface area contributed by atoms with Crippen molar-refractivity contribution < 1.29 is 14.0 Å². The van der Waals surface area contributed by atoms with Crippen LogP contribution in [0.4, 0.5) is 0 Å². The molecule has 0 radical (unpaired) electrons. The van der Waals surface area contributed by atoms with Crippen LogP contribution in [0.2, 0.25) is 0 Å². The molecule has 94 valence electrons. The van der Waals surface area contributed by atoms with Gasteiger partial charge in [0.05, 0.1) is 34.4 Å². The average Bonchev–Trinajstić information content (AvgIpc) is 2.29. The van der Waals surface area contributed by atoms with Crippen LogP contribution in [0.25, 0.3) is 0 Å². The molecule has 2 rings (SSSR count). The quantitative estimate of drug-likeness (QED) is 0.746. The number of benzene rings is 1. The minimum Gasteiger partial charge on any atom is -0.368 e. The Labute approximate surface area is 104 Å². The molecular weight excluding hydrogens is 214 g/mol. The van der Waals surface area contributed by atoms with Crippen molar-refractivity contribution in [1.82, 2.24) is 0 Å². The highest BCUT2D eigenvalue weighted by molar-refractivity contribution is 5.17. The van der Waals surface area contributed by atoms with Crippen molar-refractivity contribution in [2.45, 2.75) is 12.2 Å². The van der Waals surface area contributed by atoms with Gasteiger partial charge in [0.15, 0.2) is 0 Å². The van der Waals surface area contributed by atoms with E-state index in [2.05, 4.69) is 33.3 Å². The van der Waals surface area contributed by atoms with E-state index in [1.807, 2.05) is 18.2 Å². The van der Waals surface area contributed by atoms with E-state index in [0.29, 0.717) is 13.2 Å². The highest BCUT2D eigenvalue weighted by Gasteiger charge is 2.27. The van der Waals surface area contributed by atoms with Crippen LogP contribution in [0.15, 0.2) is 30.3 Å². The summed E-state index contributed by atoms with van der Waals surface area (Å²) in [5.74, 6) is 0. The number of rotatable bonds is 3. The van der Waals surface area contributed by atoms with E-state index in [1.165, 1.54) is 5.56 Å². The first-order chi connectivity index (χ1) is 8.04. The van der Waals surface area contributed by atoms with Gasteiger partial charge in [-0.15, -0.1) is 0 Å². The molecule has 0 amide bonds. The zero-order valence-corrected chi connectivity index (χ0v) is 10.9. The Morgan fingerprint density at radius 3 is 2.29 bits per heavy atom. The van der Waals surface area contributed by atoms with Crippen LogP contribution in [-0.4, -0.2) is 51.5 Å². The fraction of sp³-hybridized carbons (Fsp3) is 0.571. The maximum atomic E-state index is 5.89. The van der Waals surface area contributed by atoms with Crippen molar-refractivity contribution in [3.63, 3.8) is 0 Å². The summed E-state index contributed by atoms with van der Waals surface area (Å²) in [5.41, 5.74) is 1.20. The fourth-order valence-electron chi connectivity index (χ4n) is 2.12. The molecule has 0 unspecified atom stereocenters. The standard InChI is InChI=1S/C14H22NO2/c1-15(2,3)9-13-10-17-14(11-16-13)12-7-5-4-6-8-12/h4-8,13-14H,9-11H2,1-3H3/q+1/t13-,14-/m1/s1. The molecule has 1 saturated heterocycles. The predicted molar refractivity (Wildman–Crippen MR) is 67.8 cm³/mol. The number of hydrogen-bond donors (Lipinski definition) is 0. The molecule has 0 N–H and O–H groups in total. The number of ether oxygens (including phenoxy) is 2. The van der Waals surface area contributed by atoms with Gasteiger partial charge in [0.2, 0.25) is 0 Å². The molecule has 3 heteroatoms. The summed E-state index contributed by atoms with van der Waals surface area (Å²) in [7, 11) is 6.52. The van der Waals surface area contributed by atoms with E-state index in [1.54, 1.807) is 0 Å². The second-order valence-corrected chi connectivity index (χ2v) is 5.66. The zero-order chi connectivity index (χ0) is 12.3. The molecule has 0 aromatic heterocycles. The first-order valence-electron chi connectivity index (χ1n) is 6.13. The Hall–Kier alpha value is -0.900. The molecule has 1 aromatic carbocycles. The summed E-state index contributed by atoms with van der Waals surface area (Å²) in [5, 5.41) is 0. The minimum absolute atomic E-state index is 0.0971. The molecule has 3 nitrogen and oxygen atoms in total. The van der Waals surface area contributed by atoms with Gasteiger partial charge < -0.3 is 14.0 Å². The maximum absolute atomic E-state index is 5.89. The number of nitrogens with zero attached hydrogens (tertiary/aromatic N) is 1. The molecule has 1 aliphatic rings. The largest absolute Gasteiger partial charge is 0.368 e. The van der Waals surface area contributed by atoms with Crippen LogP contribution in [-0.2, 0) is 9.47 Å². The summed E-state index contributed by atoms with van der Waals surface area (Å²) in [6.45, 7) is 2.34. The molecule has 1 fully saturated rings. The molecule has 0 bridgehead atoms. The third-order valence-electron chi connectivity index (χ3n) is 2.89. The van der Waals surface area contributed by atoms with Crippen LogP contribution in [0.1, 0.15) is 11.7 Å². The van der Waals surface area contributed by atoms with Gasteiger partial charge in [0.25, 0.3) is 0 Å². The smallest absolute Gasteiger partial charge is 0.130 e. The second-order valence-electron chi connectivity index (χ2n) is 5.66. The highest BCUT2D eigenvalue weighted by atomic mass is 16.6. The van der Waals surface area contributed by atoms with Crippen LogP contribution in [0.3, 0.4) is 0 Å². The van der Waals surface area contributed by atoms with Gasteiger partial charge >= 0.3 is 0 Å². The Morgan fingerprint density at radius 1 is 1.06 bits per heavy atom. The van der Waals surface area contributed by atoms with Gasteiger partial charge in [-0.1, -0.05) is 30.3 Å². The average molecular weight is 236 g/mol. The van der Waals surface area contributed by atoms with E-state index in [4.69, 9.17) is 9.47 Å². The second kappa shape index (κ2) is 5.17. The van der Waals surface area contributed by atoms with E-state index in [9.17, 15) is 0 Å². The van der Waals surface area contributed by atoms with Gasteiger partial charge in [0, 0.05) is 0 Å². The fourth-order valence-corrected chi connectivity index (χ4v) is 2.12. The molecule has 0 spiro atoms. The van der Waals surface area contributed by atoms with E-state index < -0.39 is 0 Å². The third-order valence-corrected chi connectivity index (χ3v) is 2.89. The normalized spacial score (nSPS) is 25.8. The molecule has 0 aliphatic carbocycles. The summed E-state index contributed by atoms with van der Waals surface area (Å²) < 4.78 is 12.7. The van der Waals surface area contributed by atoms with Gasteiger partial charge in [0.1, 0.15) is 18.8 Å². The first-order valence-corrected chi connectivity index (χ1v) is 6.13. The maximum Gasteiger partial charge on any atom is 0.130 e. The monoisotopic (exact) mass is 236 g/mol. The zero-order valence-electron chi connectivity index (χ0n) is 10.9. The lowest BCUT2D eigenvalue weighted by molar-refractivity contribution is -0.874. The van der Waals surface area contributed by atoms with Gasteiger partial charge in [-0.2, -0.15) is 0 Å². The lowest BCUT2D eigenvalue weighted by Gasteiger charge is -2.34. The molecule has 1 heterocycles. The Balaban J connectivity index is 1.86. The molecule has 17 heavy (non-hydrogen) atoms. The van der Waals surface area contributed by atoms with Crippen molar-refractivity contribution in [1.29, 1.82) is 0 Å². The van der Waals surface area contributed by atoms with Gasteiger partial charge in [-0.3, -0.25) is 0 Å². The summed E-state index contributed by atoms with van der Waals surface area (Å²) in [4.78, 5) is 0. The molecule has 1 aliphatic heterocycles. The number of hydrogen-bond acceptors (Lipinski definition) is 2. The lowest BCUT2D eigenvalue weighted by atomic mass is 10.1. The number of quaternary nitrogens is 1. The van der Waals surface area contributed by atoms with E-state index in [0.717, 1.165) is 11.0 Å². The molecule has 1 aromatic rings. The van der Waals surface area contributed by atoms with Crippen molar-refractivity contribution >= 4 is 0 Å². The van der Waals surface area contributed by atoms with Crippen LogP contribution < -0.4 is 0 Å². The van der Waals surface area contributed by atoms with Crippen molar-refractivity contribution in [2.75, 3.05) is 40.9 Å².